The lowest BCUT2D eigenvalue weighted by Gasteiger charge is -2.28. The number of carbonyl (C=O) groups excluding carboxylic acids is 2. The van der Waals surface area contributed by atoms with Crippen LogP contribution in [0.1, 0.15) is 45.3 Å². The lowest BCUT2D eigenvalue weighted by atomic mass is 10.0. The van der Waals surface area contributed by atoms with Gasteiger partial charge in [-0.25, -0.2) is 0 Å². The van der Waals surface area contributed by atoms with E-state index in [0.717, 1.165) is 15.3 Å². The monoisotopic (exact) mass is 586 g/mol. The molecule has 2 amide bonds. The maximum atomic E-state index is 13.5. The molecule has 0 aliphatic heterocycles. The van der Waals surface area contributed by atoms with Gasteiger partial charge in [0.15, 0.2) is 0 Å². The molecule has 2 aromatic carbocycles. The van der Waals surface area contributed by atoms with Crippen LogP contribution in [0.15, 0.2) is 66.0 Å². The zero-order valence-corrected chi connectivity index (χ0v) is 22.4. The third-order valence-corrected chi connectivity index (χ3v) is 6.73. The first kappa shape index (κ1) is 31.2. The summed E-state index contributed by atoms with van der Waals surface area (Å²) in [5, 5.41) is 1.84. The summed E-state index contributed by atoms with van der Waals surface area (Å²) in [5.41, 5.74) is -3.20. The summed E-state index contributed by atoms with van der Waals surface area (Å²) in [6.07, 6.45) is -10.0. The van der Waals surface area contributed by atoms with Gasteiger partial charge >= 0.3 is 12.4 Å². The van der Waals surface area contributed by atoms with Crippen LogP contribution in [0, 0.1) is 0 Å². The van der Waals surface area contributed by atoms with Gasteiger partial charge in [-0.15, -0.1) is 11.3 Å². The van der Waals surface area contributed by atoms with E-state index < -0.39 is 47.4 Å². The number of halogens is 6. The zero-order chi connectivity index (χ0) is 29.3. The molecule has 0 aliphatic carbocycles. The van der Waals surface area contributed by atoms with Crippen LogP contribution in [0.3, 0.4) is 0 Å². The van der Waals surface area contributed by atoms with E-state index >= 15 is 0 Å². The number of ether oxygens (including phenoxy) is 1. The van der Waals surface area contributed by atoms with Crippen molar-refractivity contribution >= 4 is 23.2 Å². The van der Waals surface area contributed by atoms with Gasteiger partial charge in [-0.05, 0) is 48.6 Å². The van der Waals surface area contributed by atoms with E-state index in [4.69, 9.17) is 4.74 Å². The summed E-state index contributed by atoms with van der Waals surface area (Å²) in [6.45, 7) is 2.07. The minimum absolute atomic E-state index is 0.0377. The van der Waals surface area contributed by atoms with Crippen LogP contribution >= 0.6 is 11.3 Å². The van der Waals surface area contributed by atoms with Gasteiger partial charge in [0.1, 0.15) is 6.54 Å². The number of carbonyl (C=O) groups is 2. The predicted octanol–water partition coefficient (Wildman–Crippen LogP) is 6.88. The fourth-order valence-electron chi connectivity index (χ4n) is 3.91. The van der Waals surface area contributed by atoms with Gasteiger partial charge in [-0.3, -0.25) is 9.59 Å². The Balaban J connectivity index is 1.93. The van der Waals surface area contributed by atoms with Gasteiger partial charge in [0, 0.05) is 36.7 Å². The van der Waals surface area contributed by atoms with Gasteiger partial charge < -0.3 is 14.5 Å². The van der Waals surface area contributed by atoms with Crippen LogP contribution in [0.2, 0.25) is 0 Å². The number of alkyl halides is 6. The van der Waals surface area contributed by atoms with Crippen LogP contribution in [-0.2, 0) is 35.0 Å². The smallest absolute Gasteiger partial charge is 0.382 e. The van der Waals surface area contributed by atoms with E-state index in [-0.39, 0.29) is 38.7 Å². The van der Waals surface area contributed by atoms with Crippen LogP contribution in [0.25, 0.3) is 0 Å². The van der Waals surface area contributed by atoms with Crippen molar-refractivity contribution in [3.8, 4) is 0 Å². The van der Waals surface area contributed by atoms with Crippen molar-refractivity contribution in [2.45, 2.75) is 38.8 Å². The minimum atomic E-state index is -5.11. The zero-order valence-electron chi connectivity index (χ0n) is 21.6. The highest BCUT2D eigenvalue weighted by molar-refractivity contribution is 7.09. The molecule has 12 heteroatoms. The topological polar surface area (TPSA) is 49.9 Å². The Hall–Kier alpha value is -3.38. The Morgan fingerprint density at radius 1 is 0.850 bits per heavy atom. The van der Waals surface area contributed by atoms with E-state index in [2.05, 4.69) is 0 Å². The second kappa shape index (κ2) is 13.8. The first-order valence-electron chi connectivity index (χ1n) is 12.4. The summed E-state index contributed by atoms with van der Waals surface area (Å²) in [7, 11) is 0. The van der Waals surface area contributed by atoms with Crippen LogP contribution in [0.4, 0.5) is 26.3 Å². The molecular weight excluding hydrogens is 558 g/mol. The first-order chi connectivity index (χ1) is 18.9. The van der Waals surface area contributed by atoms with Crippen LogP contribution < -0.4 is 0 Å². The molecule has 0 atom stereocenters. The Labute approximate surface area is 232 Å². The molecule has 0 radical (unpaired) electrons. The molecule has 0 N–H and O–H groups in total. The average Bonchev–Trinajstić information content (AvgIpc) is 3.42. The number of hydrogen-bond donors (Lipinski definition) is 0. The summed E-state index contributed by atoms with van der Waals surface area (Å²) in [6, 6.07) is 13.4. The largest absolute Gasteiger partial charge is 0.416 e. The highest BCUT2D eigenvalue weighted by Gasteiger charge is 2.38. The van der Waals surface area contributed by atoms with Crippen LogP contribution in [0.5, 0.6) is 0 Å². The molecule has 0 unspecified atom stereocenters. The highest BCUT2D eigenvalue weighted by Crippen LogP contribution is 2.36. The lowest BCUT2D eigenvalue weighted by Crippen LogP contribution is -2.43. The van der Waals surface area contributed by atoms with Crippen molar-refractivity contribution < 1.29 is 40.7 Å². The van der Waals surface area contributed by atoms with Gasteiger partial charge in [0.25, 0.3) is 5.91 Å². The number of amides is 2. The summed E-state index contributed by atoms with van der Waals surface area (Å²) in [5.74, 6) is -1.62. The molecule has 0 bridgehead atoms. The van der Waals surface area contributed by atoms with Crippen molar-refractivity contribution in [1.82, 2.24) is 9.80 Å². The maximum Gasteiger partial charge on any atom is 0.416 e. The van der Waals surface area contributed by atoms with Crippen molar-refractivity contribution in [3.63, 3.8) is 0 Å². The average molecular weight is 587 g/mol. The third-order valence-electron chi connectivity index (χ3n) is 5.86. The van der Waals surface area contributed by atoms with E-state index in [1.54, 1.807) is 19.1 Å². The Kier molecular flexibility index (Phi) is 10.7. The maximum absolute atomic E-state index is 13.5. The van der Waals surface area contributed by atoms with E-state index in [1.165, 1.54) is 16.2 Å². The van der Waals surface area contributed by atoms with Crippen molar-refractivity contribution in [2.75, 3.05) is 26.3 Å². The second-order valence-electron chi connectivity index (χ2n) is 8.89. The van der Waals surface area contributed by atoms with E-state index in [0.29, 0.717) is 18.7 Å². The second-order valence-corrected chi connectivity index (χ2v) is 9.92. The number of thiophene rings is 1. The van der Waals surface area contributed by atoms with Gasteiger partial charge in [0.05, 0.1) is 17.7 Å². The molecule has 3 aromatic rings. The normalized spacial score (nSPS) is 11.9. The molecule has 216 valence electrons. The molecule has 5 nitrogen and oxygen atoms in total. The van der Waals surface area contributed by atoms with Crippen molar-refractivity contribution in [1.29, 1.82) is 0 Å². The molecule has 3 rings (SSSR count). The van der Waals surface area contributed by atoms with Crippen LogP contribution in [-0.4, -0.2) is 47.9 Å². The summed E-state index contributed by atoms with van der Waals surface area (Å²) in [4.78, 5) is 30.2. The van der Waals surface area contributed by atoms with Crippen molar-refractivity contribution in [2.24, 2.45) is 0 Å². The highest BCUT2D eigenvalue weighted by atomic mass is 32.1. The molecule has 40 heavy (non-hydrogen) atoms. The number of nitrogens with zero attached hydrogens (tertiary/aromatic N) is 2. The first-order valence-corrected chi connectivity index (χ1v) is 13.3. The van der Waals surface area contributed by atoms with Gasteiger partial charge in [0.2, 0.25) is 5.91 Å². The minimum Gasteiger partial charge on any atom is -0.382 e. The summed E-state index contributed by atoms with van der Waals surface area (Å²) >= 11 is 1.42. The number of rotatable bonds is 12. The standard InChI is InChI=1S/C28H28F6N2O3S/c1-2-39-12-7-11-35(26(38)21-14-22(27(29,30)31)16-23(15-21)28(32,33)34)19-25(37)36(18-24-10-6-13-40-24)17-20-8-4-3-5-9-20/h3-6,8-10,13-16H,2,7,11-12,17-19H2,1H3. The predicted molar refractivity (Wildman–Crippen MR) is 138 cm³/mol. The van der Waals surface area contributed by atoms with Gasteiger partial charge in [-0.2, -0.15) is 26.3 Å². The fraction of sp³-hybridized carbons (Fsp3) is 0.357. The SMILES string of the molecule is CCOCCCN(CC(=O)N(Cc1ccccc1)Cc1cccs1)C(=O)c1cc(C(F)(F)F)cc(C(F)(F)F)c1. The molecule has 0 fully saturated rings. The Morgan fingerprint density at radius 3 is 2.05 bits per heavy atom. The number of hydrogen-bond acceptors (Lipinski definition) is 4. The quantitative estimate of drug-likeness (QED) is 0.172. The molecule has 0 saturated heterocycles. The molecule has 0 saturated carbocycles. The molecule has 1 heterocycles. The molecule has 0 aliphatic rings. The van der Waals surface area contributed by atoms with E-state index in [1.807, 2.05) is 35.7 Å². The van der Waals surface area contributed by atoms with Gasteiger partial charge in [-0.1, -0.05) is 36.4 Å². The fourth-order valence-corrected chi connectivity index (χ4v) is 4.62. The Morgan fingerprint density at radius 2 is 1.50 bits per heavy atom. The molecule has 1 aromatic heterocycles. The summed E-state index contributed by atoms with van der Waals surface area (Å²) < 4.78 is 85.8. The number of benzene rings is 2. The third kappa shape index (κ3) is 9.09. The molecule has 0 spiro atoms. The Bertz CT molecular complexity index is 1210. The van der Waals surface area contributed by atoms with Crippen molar-refractivity contribution in [3.05, 3.63) is 93.2 Å². The lowest BCUT2D eigenvalue weighted by molar-refractivity contribution is -0.143. The molecular formula is C28H28F6N2O3S. The van der Waals surface area contributed by atoms with E-state index in [9.17, 15) is 35.9 Å².